The Kier molecular flexibility index (Phi) is 7.49. The molecule has 0 amide bonds. The normalized spacial score (nSPS) is 16.1. The van der Waals surface area contributed by atoms with Crippen molar-refractivity contribution in [3.63, 3.8) is 0 Å². The minimum atomic E-state index is -3.89. The molecule has 4 nitrogen and oxygen atoms in total. The van der Waals surface area contributed by atoms with E-state index in [2.05, 4.69) is 0 Å². The molecule has 0 aromatic carbocycles. The Morgan fingerprint density at radius 3 is 2.00 bits per heavy atom. The summed E-state index contributed by atoms with van der Waals surface area (Å²) in [7, 11) is -3.89. The summed E-state index contributed by atoms with van der Waals surface area (Å²) in [5.41, 5.74) is -0.554. The van der Waals surface area contributed by atoms with E-state index < -0.39 is 13.4 Å². The molecule has 0 aliphatic rings. The molecule has 0 heterocycles. The first-order chi connectivity index (χ1) is 7.39. The fourth-order valence-corrected chi connectivity index (χ4v) is 2.99. The fraction of sp³-hybridized carbons (Fsp3) is 1.00. The summed E-state index contributed by atoms with van der Waals surface area (Å²) >= 11 is 0. The van der Waals surface area contributed by atoms with Crippen molar-refractivity contribution >= 4 is 7.82 Å². The molecule has 1 atom stereocenters. The molecule has 0 aromatic rings. The third-order valence-electron chi connectivity index (χ3n) is 2.35. The SMILES string of the molecule is CCCOP(=O)(O)OC(C)(CCC)CCC. The highest BCUT2D eigenvalue weighted by atomic mass is 31.2. The molecule has 0 saturated carbocycles. The summed E-state index contributed by atoms with van der Waals surface area (Å²) in [6.07, 6.45) is 4.07. The van der Waals surface area contributed by atoms with Crippen LogP contribution >= 0.6 is 7.82 Å². The molecule has 0 spiro atoms. The van der Waals surface area contributed by atoms with Gasteiger partial charge in [0, 0.05) is 0 Å². The van der Waals surface area contributed by atoms with Crippen LogP contribution in [0.3, 0.4) is 0 Å². The van der Waals surface area contributed by atoms with Crippen molar-refractivity contribution in [3.8, 4) is 0 Å². The van der Waals surface area contributed by atoms with Crippen LogP contribution in [0, 0.1) is 0 Å². The maximum absolute atomic E-state index is 11.6. The van der Waals surface area contributed by atoms with Crippen molar-refractivity contribution in [3.05, 3.63) is 0 Å². The monoisotopic (exact) mass is 252 g/mol. The second-order valence-electron chi connectivity index (χ2n) is 4.34. The van der Waals surface area contributed by atoms with Crippen molar-refractivity contribution in [1.82, 2.24) is 0 Å². The molecule has 1 unspecified atom stereocenters. The Morgan fingerprint density at radius 1 is 1.12 bits per heavy atom. The van der Waals surface area contributed by atoms with Crippen molar-refractivity contribution in [2.24, 2.45) is 0 Å². The van der Waals surface area contributed by atoms with Gasteiger partial charge in [0.1, 0.15) is 0 Å². The van der Waals surface area contributed by atoms with Gasteiger partial charge < -0.3 is 4.89 Å². The maximum Gasteiger partial charge on any atom is 0.472 e. The van der Waals surface area contributed by atoms with Crippen LogP contribution in [0.2, 0.25) is 0 Å². The molecule has 98 valence electrons. The molecular formula is C11H25O4P. The predicted octanol–water partition coefficient (Wildman–Crippen LogP) is 3.89. The molecule has 0 saturated heterocycles. The standard InChI is InChI=1S/C11H25O4P/c1-5-8-11(4,9-6-2)15-16(12,13)14-10-7-3/h5-10H2,1-4H3,(H,12,13). The van der Waals surface area contributed by atoms with E-state index in [0.717, 1.165) is 25.7 Å². The lowest BCUT2D eigenvalue weighted by Crippen LogP contribution is -2.27. The first-order valence-electron chi connectivity index (χ1n) is 6.07. The van der Waals surface area contributed by atoms with Gasteiger partial charge in [-0.25, -0.2) is 4.57 Å². The largest absolute Gasteiger partial charge is 0.472 e. The number of hydrogen-bond acceptors (Lipinski definition) is 3. The molecular weight excluding hydrogens is 227 g/mol. The minimum absolute atomic E-state index is 0.252. The molecule has 16 heavy (non-hydrogen) atoms. The van der Waals surface area contributed by atoms with Gasteiger partial charge in [0.2, 0.25) is 0 Å². The van der Waals surface area contributed by atoms with E-state index in [9.17, 15) is 9.46 Å². The molecule has 1 N–H and O–H groups in total. The van der Waals surface area contributed by atoms with Crippen LogP contribution in [-0.2, 0) is 13.6 Å². The first kappa shape index (κ1) is 16.1. The van der Waals surface area contributed by atoms with E-state index in [4.69, 9.17) is 9.05 Å². The summed E-state index contributed by atoms with van der Waals surface area (Å²) in [6.45, 7) is 8.08. The van der Waals surface area contributed by atoms with Crippen molar-refractivity contribution in [2.45, 2.75) is 65.4 Å². The van der Waals surface area contributed by atoms with Gasteiger partial charge in [0.15, 0.2) is 0 Å². The quantitative estimate of drug-likeness (QED) is 0.632. The zero-order valence-electron chi connectivity index (χ0n) is 10.9. The molecule has 5 heteroatoms. The number of phosphoric acid groups is 1. The zero-order valence-corrected chi connectivity index (χ0v) is 11.8. The van der Waals surface area contributed by atoms with Gasteiger partial charge >= 0.3 is 7.82 Å². The second kappa shape index (κ2) is 7.44. The van der Waals surface area contributed by atoms with Gasteiger partial charge in [-0.2, -0.15) is 0 Å². The molecule has 0 aliphatic carbocycles. The van der Waals surface area contributed by atoms with Crippen LogP contribution < -0.4 is 0 Å². The van der Waals surface area contributed by atoms with Gasteiger partial charge in [-0.3, -0.25) is 9.05 Å². The van der Waals surface area contributed by atoms with Crippen molar-refractivity contribution < 1.29 is 18.5 Å². The summed E-state index contributed by atoms with van der Waals surface area (Å²) in [5.74, 6) is 0. The van der Waals surface area contributed by atoms with E-state index in [1.165, 1.54) is 0 Å². The van der Waals surface area contributed by atoms with E-state index in [1.807, 2.05) is 27.7 Å². The van der Waals surface area contributed by atoms with Crippen LogP contribution in [0.1, 0.15) is 59.8 Å². The summed E-state index contributed by atoms with van der Waals surface area (Å²) in [6, 6.07) is 0. The van der Waals surface area contributed by atoms with Crippen LogP contribution in [0.25, 0.3) is 0 Å². The lowest BCUT2D eigenvalue weighted by molar-refractivity contribution is 0.0213. The molecule has 0 rings (SSSR count). The number of rotatable bonds is 9. The Balaban J connectivity index is 4.42. The third-order valence-corrected chi connectivity index (χ3v) is 3.53. The molecule has 0 bridgehead atoms. The second-order valence-corrected chi connectivity index (χ2v) is 5.72. The van der Waals surface area contributed by atoms with E-state index >= 15 is 0 Å². The fourth-order valence-electron chi connectivity index (χ4n) is 1.79. The predicted molar refractivity (Wildman–Crippen MR) is 65.4 cm³/mol. The van der Waals surface area contributed by atoms with Gasteiger partial charge in [-0.1, -0.05) is 33.6 Å². The van der Waals surface area contributed by atoms with Crippen LogP contribution in [0.5, 0.6) is 0 Å². The Morgan fingerprint density at radius 2 is 1.62 bits per heavy atom. The smallest absolute Gasteiger partial charge is 0.302 e. The zero-order chi connectivity index (χ0) is 12.7. The molecule has 0 fully saturated rings. The molecule has 0 radical (unpaired) electrons. The highest BCUT2D eigenvalue weighted by Gasteiger charge is 2.34. The summed E-state index contributed by atoms with van der Waals surface area (Å²) in [4.78, 5) is 9.55. The van der Waals surface area contributed by atoms with Crippen molar-refractivity contribution in [2.75, 3.05) is 6.61 Å². The van der Waals surface area contributed by atoms with Crippen LogP contribution in [0.4, 0.5) is 0 Å². The van der Waals surface area contributed by atoms with E-state index in [1.54, 1.807) is 0 Å². The highest BCUT2D eigenvalue weighted by Crippen LogP contribution is 2.49. The maximum atomic E-state index is 11.6. The van der Waals surface area contributed by atoms with Gasteiger partial charge in [-0.15, -0.1) is 0 Å². The highest BCUT2D eigenvalue weighted by molar-refractivity contribution is 7.47. The lowest BCUT2D eigenvalue weighted by Gasteiger charge is -2.30. The number of hydrogen-bond donors (Lipinski definition) is 1. The average Bonchev–Trinajstić information content (AvgIpc) is 2.14. The summed E-state index contributed by atoms with van der Waals surface area (Å²) < 4.78 is 21.8. The van der Waals surface area contributed by atoms with Gasteiger partial charge in [-0.05, 0) is 26.2 Å². The first-order valence-corrected chi connectivity index (χ1v) is 7.56. The number of phosphoric ester groups is 1. The van der Waals surface area contributed by atoms with Crippen molar-refractivity contribution in [1.29, 1.82) is 0 Å². The minimum Gasteiger partial charge on any atom is -0.302 e. The third kappa shape index (κ3) is 6.64. The topological polar surface area (TPSA) is 55.8 Å². The Bertz CT molecular complexity index is 224. The van der Waals surface area contributed by atoms with Gasteiger partial charge in [0.05, 0.1) is 12.2 Å². The van der Waals surface area contributed by atoms with E-state index in [0.29, 0.717) is 6.42 Å². The molecule has 0 aromatic heterocycles. The molecule has 0 aliphatic heterocycles. The average molecular weight is 252 g/mol. The van der Waals surface area contributed by atoms with Gasteiger partial charge in [0.25, 0.3) is 0 Å². The lowest BCUT2D eigenvalue weighted by atomic mass is 9.95. The Labute approximate surface area is 99.0 Å². The summed E-state index contributed by atoms with van der Waals surface area (Å²) in [5, 5.41) is 0. The van der Waals surface area contributed by atoms with Crippen LogP contribution in [-0.4, -0.2) is 17.1 Å². The van der Waals surface area contributed by atoms with Crippen LogP contribution in [0.15, 0.2) is 0 Å². The van der Waals surface area contributed by atoms with E-state index in [-0.39, 0.29) is 6.61 Å². The Hall–Kier alpha value is 0.110.